The fraction of sp³-hybridized carbons (Fsp3) is 0.490. The zero-order valence-electron chi connectivity index (χ0n) is 81.7. The van der Waals surface area contributed by atoms with Crippen LogP contribution in [-0.4, -0.2) is 211 Å². The summed E-state index contributed by atoms with van der Waals surface area (Å²) in [4.78, 5) is 88.3. The Morgan fingerprint density at radius 3 is 1.26 bits per heavy atom. The molecule has 3 amide bonds. The molecule has 9 aromatic rings. The van der Waals surface area contributed by atoms with Crippen molar-refractivity contribution in [1.29, 1.82) is 21.0 Å². The van der Waals surface area contributed by atoms with Crippen LogP contribution in [0.3, 0.4) is 0 Å². The Kier molecular flexibility index (Phi) is 37.1. The number of thioether (sulfide) groups is 1. The van der Waals surface area contributed by atoms with Crippen LogP contribution in [0.25, 0.3) is 11.4 Å². The number of benzene rings is 4. The Balaban J connectivity index is 0.000000238. The van der Waals surface area contributed by atoms with E-state index >= 15 is 0 Å². The summed E-state index contributed by atoms with van der Waals surface area (Å²) in [5.41, 5.74) is 10.9. The van der Waals surface area contributed by atoms with E-state index in [1.807, 2.05) is 113 Å². The highest BCUT2D eigenvalue weighted by Gasteiger charge is 2.30. The van der Waals surface area contributed by atoms with Crippen LogP contribution in [0.15, 0.2) is 84.3 Å². The van der Waals surface area contributed by atoms with Gasteiger partial charge in [-0.05, 0) is 173 Å². The molecule has 1 aliphatic rings. The number of rotatable bonds is 31. The van der Waals surface area contributed by atoms with Crippen LogP contribution < -0.4 is 67.9 Å². The number of amides is 3. The topological polar surface area (TPSA) is 428 Å². The minimum atomic E-state index is -0.183. The molecule has 130 heavy (non-hydrogen) atoms. The summed E-state index contributed by atoms with van der Waals surface area (Å²) in [6.45, 7) is 46.2. The van der Waals surface area contributed by atoms with Gasteiger partial charge in [0.1, 0.15) is 64.5 Å². The van der Waals surface area contributed by atoms with E-state index in [0.717, 1.165) is 78.3 Å². The Hall–Kier alpha value is -13.0. The number of carbonyl (C=O) groups is 3. The minimum Gasteiger partial charge on any atom is -0.368 e. The van der Waals surface area contributed by atoms with Gasteiger partial charge in [0, 0.05) is 146 Å². The average Bonchev–Trinajstić information content (AvgIpc) is 0.848. The van der Waals surface area contributed by atoms with E-state index in [1.54, 1.807) is 57.5 Å². The molecular formula is C96H136N30O3S. The van der Waals surface area contributed by atoms with Crippen LogP contribution >= 0.6 is 11.8 Å². The number of H-pyrrole nitrogens is 1. The maximum Gasteiger partial charge on any atom is 0.251 e. The van der Waals surface area contributed by atoms with Gasteiger partial charge in [-0.15, -0.1) is 0 Å². The Morgan fingerprint density at radius 2 is 0.892 bits per heavy atom. The molecule has 5 aromatic heterocycles. The molecule has 10 rings (SSSR count). The van der Waals surface area contributed by atoms with Gasteiger partial charge in [0.2, 0.25) is 11.9 Å². The summed E-state index contributed by atoms with van der Waals surface area (Å²) in [5, 5.41) is 78.5. The molecule has 1 fully saturated rings. The SMILES string of the molecule is CCc1nc(NCC(C)(C)C)c(C#N)c(Nc2cc(C(=O)NC)ccc2C)n1.CNC(=O)c1ccc(C)c(Nc2nc(NCC(C)(C)CN(C)C)nc(N(C)CC(C)(C)C)c2C#N)c1.CNC(=O)c1ccc(C)c(Nc2nc(NCCC3CCCN3C)nc(N(C)CC(C)(C)C)c2C#N)c1.CSc1nc(Nc2cc(-c3ncn[nH]3)ccc2C)c(C#N)c(N(C)CC(C)(C)C)n1. The molecule has 0 saturated carbocycles. The van der Waals surface area contributed by atoms with Crippen molar-refractivity contribution in [3.63, 3.8) is 0 Å². The maximum absolute atomic E-state index is 12.2. The zero-order chi connectivity index (χ0) is 96.5. The smallest absolute Gasteiger partial charge is 0.251 e. The first-order chi connectivity index (χ1) is 61.1. The molecule has 1 atom stereocenters. The fourth-order valence-corrected chi connectivity index (χ4v) is 14.9. The van der Waals surface area contributed by atoms with Gasteiger partial charge in [0.05, 0.1) is 0 Å². The van der Waals surface area contributed by atoms with E-state index in [2.05, 4.69) is 240 Å². The van der Waals surface area contributed by atoms with E-state index < -0.39 is 0 Å². The van der Waals surface area contributed by atoms with Crippen molar-refractivity contribution in [2.75, 3.05) is 174 Å². The van der Waals surface area contributed by atoms with E-state index in [1.165, 1.54) is 30.9 Å². The molecule has 1 saturated heterocycles. The Labute approximate surface area is 773 Å². The third-order valence-electron chi connectivity index (χ3n) is 20.6. The number of nitrogens with one attached hydrogen (secondary N) is 11. The van der Waals surface area contributed by atoms with E-state index in [-0.39, 0.29) is 44.8 Å². The molecule has 34 heteroatoms. The Morgan fingerprint density at radius 1 is 0.492 bits per heavy atom. The zero-order valence-corrected chi connectivity index (χ0v) is 82.5. The highest BCUT2D eigenvalue weighted by molar-refractivity contribution is 7.98. The van der Waals surface area contributed by atoms with E-state index in [9.17, 15) is 35.4 Å². The fourth-order valence-electron chi connectivity index (χ4n) is 14.5. The van der Waals surface area contributed by atoms with Crippen LogP contribution in [0.5, 0.6) is 0 Å². The van der Waals surface area contributed by atoms with Crippen molar-refractivity contribution >= 4 is 111 Å². The van der Waals surface area contributed by atoms with Gasteiger partial charge in [0.25, 0.3) is 17.7 Å². The second-order valence-electron chi connectivity index (χ2n) is 38.6. The molecule has 694 valence electrons. The normalized spacial score (nSPS) is 12.6. The summed E-state index contributed by atoms with van der Waals surface area (Å²) in [7, 11) is 16.9. The quantitative estimate of drug-likeness (QED) is 0.0142. The number of hydrogen-bond acceptors (Lipinski definition) is 30. The van der Waals surface area contributed by atoms with Gasteiger partial charge in [-0.3, -0.25) is 19.5 Å². The molecule has 4 aromatic carbocycles. The lowest BCUT2D eigenvalue weighted by molar-refractivity contribution is 0.0955. The first-order valence-corrected chi connectivity index (χ1v) is 44.8. The van der Waals surface area contributed by atoms with Crippen molar-refractivity contribution in [3.8, 4) is 35.7 Å². The number of nitrogens with zero attached hydrogens (tertiary/aromatic N) is 19. The van der Waals surface area contributed by atoms with E-state index in [0.29, 0.717) is 158 Å². The minimum absolute atomic E-state index is 0.000253. The number of hydrogen-bond donors (Lipinski definition) is 11. The molecule has 33 nitrogen and oxygen atoms in total. The lowest BCUT2D eigenvalue weighted by Crippen LogP contribution is -2.35. The standard InChI is InChI=1S/C27H40N8O.C27H42N8O.C21H26N8S.C21H28N6O/c1-18-10-11-19(25(36)29-5)15-22(18)31-23-21(16-28)24(35(7)17-27(2,3)4)33-26(32-23)30-13-12-20-9-8-14-34(20)6;1-18-11-12-19(24(36)29-7)13-21(18)31-22-20(14-28)23(35(10)16-26(2,3)4)33-25(32-22)30-15-27(5,6)17-34(8)9;1-13-7-8-14(17-23-12-24-28-17)9-16(13)25-18-15(10-22)19(27-20(26-18)30-6)29(5)11-21(2,3)4;1-7-17-26-18(24-12-21(3,4)5)15(11-22)19(27-17)25-16-10-14(20(28)23-6)9-8-13(16)2/h10-11,15,20H,8-9,12-14,17H2,1-7H3,(H,29,36)(H2,30,31,32,33);11-13H,15-17H2,1-10H3,(H,29,36)(H2,30,31,32,33);7-9,12H,11H2,1-6H3,(H,23,24,28)(H,25,26,27);8-10H,7,12H2,1-6H3,(H,23,28)(H2,24,25,26,27). The summed E-state index contributed by atoms with van der Waals surface area (Å²) in [5.74, 6) is 5.72. The van der Waals surface area contributed by atoms with Gasteiger partial charge < -0.3 is 77.7 Å². The predicted octanol–water partition coefficient (Wildman–Crippen LogP) is 16.6. The lowest BCUT2D eigenvalue weighted by atomic mass is 9.93. The summed E-state index contributed by atoms with van der Waals surface area (Å²) in [6, 6.07) is 31.8. The molecule has 6 heterocycles. The van der Waals surface area contributed by atoms with Gasteiger partial charge in [0.15, 0.2) is 51.7 Å². The molecule has 0 spiro atoms. The van der Waals surface area contributed by atoms with Crippen molar-refractivity contribution < 1.29 is 14.4 Å². The lowest BCUT2D eigenvalue weighted by Gasteiger charge is -2.30. The summed E-state index contributed by atoms with van der Waals surface area (Å²) < 4.78 is 0. The second-order valence-corrected chi connectivity index (χ2v) is 39.3. The second kappa shape index (κ2) is 46.3. The number of carbonyl (C=O) groups excluding carboxylic acids is 3. The number of anilines is 14. The predicted molar refractivity (Wildman–Crippen MR) is 527 cm³/mol. The van der Waals surface area contributed by atoms with Crippen molar-refractivity contribution in [2.45, 2.75) is 168 Å². The molecule has 11 N–H and O–H groups in total. The highest BCUT2D eigenvalue weighted by Crippen LogP contribution is 2.38. The number of aromatic nitrogens is 11. The van der Waals surface area contributed by atoms with Gasteiger partial charge in [-0.25, -0.2) is 24.9 Å². The number of nitriles is 4. The first kappa shape index (κ1) is 104. The van der Waals surface area contributed by atoms with Gasteiger partial charge in [-0.1, -0.05) is 146 Å². The molecule has 0 aliphatic carbocycles. The highest BCUT2D eigenvalue weighted by atomic mass is 32.2. The number of likely N-dealkylation sites (tertiary alicyclic amines) is 1. The van der Waals surface area contributed by atoms with Gasteiger partial charge >= 0.3 is 0 Å². The van der Waals surface area contributed by atoms with Gasteiger partial charge in [-0.2, -0.15) is 46.1 Å². The average molecular weight is 1790 g/mol. The van der Waals surface area contributed by atoms with Crippen LogP contribution in [0.4, 0.5) is 81.2 Å². The first-order valence-electron chi connectivity index (χ1n) is 43.6. The van der Waals surface area contributed by atoms with Crippen LogP contribution in [-0.2, 0) is 6.42 Å². The number of aromatic amines is 1. The third kappa shape index (κ3) is 30.9. The van der Waals surface area contributed by atoms with Crippen molar-refractivity contribution in [1.82, 2.24) is 80.8 Å². The summed E-state index contributed by atoms with van der Waals surface area (Å²) >= 11 is 1.45. The number of aryl methyl sites for hydroxylation is 5. The third-order valence-corrected chi connectivity index (χ3v) is 21.1. The monoisotopic (exact) mass is 1790 g/mol. The molecular weight excluding hydrogens is 1650 g/mol. The van der Waals surface area contributed by atoms with Crippen LogP contribution in [0.1, 0.15) is 205 Å². The van der Waals surface area contributed by atoms with E-state index in [4.69, 9.17) is 19.9 Å². The van der Waals surface area contributed by atoms with Crippen LogP contribution in [0.2, 0.25) is 0 Å². The molecule has 1 unspecified atom stereocenters. The van der Waals surface area contributed by atoms with Crippen molar-refractivity contribution in [2.24, 2.45) is 27.1 Å². The van der Waals surface area contributed by atoms with Crippen molar-refractivity contribution in [3.05, 3.63) is 146 Å². The summed E-state index contributed by atoms with van der Waals surface area (Å²) in [6.07, 6.45) is 7.49. The molecule has 0 bridgehead atoms. The van der Waals surface area contributed by atoms with Crippen LogP contribution in [0, 0.1) is 100 Å². The molecule has 1 aliphatic heterocycles. The maximum atomic E-state index is 12.2. The largest absolute Gasteiger partial charge is 0.368 e. The molecule has 0 radical (unpaired) electrons. The Bertz CT molecular complexity index is 5560.